The van der Waals surface area contributed by atoms with Gasteiger partial charge in [0.2, 0.25) is 0 Å². The predicted molar refractivity (Wildman–Crippen MR) is 101 cm³/mol. The Labute approximate surface area is 149 Å². The molecule has 4 nitrogen and oxygen atoms in total. The van der Waals surface area contributed by atoms with Crippen LogP contribution in [-0.2, 0) is 13.0 Å². The molecule has 2 aromatic carbocycles. The van der Waals surface area contributed by atoms with Gasteiger partial charge in [-0.2, -0.15) is 0 Å². The number of carbonyl (C=O) groups is 2. The monoisotopic (exact) mass is 338 g/mol. The van der Waals surface area contributed by atoms with Gasteiger partial charge in [-0.05, 0) is 47.7 Å². The molecule has 0 aliphatic rings. The van der Waals surface area contributed by atoms with E-state index in [-0.39, 0.29) is 11.8 Å². The second-order valence-corrected chi connectivity index (χ2v) is 6.73. The molecule has 0 radical (unpaired) electrons. The van der Waals surface area contributed by atoms with Crippen LogP contribution in [0.4, 0.5) is 0 Å². The highest BCUT2D eigenvalue weighted by atomic mass is 16.2. The first-order valence-corrected chi connectivity index (χ1v) is 8.56. The smallest absolute Gasteiger partial charge is 0.253 e. The van der Waals surface area contributed by atoms with Crippen molar-refractivity contribution in [3.8, 4) is 0 Å². The molecular formula is C21H26N2O2. The highest BCUT2D eigenvalue weighted by Gasteiger charge is 2.12. The first-order valence-electron chi connectivity index (χ1n) is 8.56. The summed E-state index contributed by atoms with van der Waals surface area (Å²) in [6, 6.07) is 15.1. The van der Waals surface area contributed by atoms with Crippen molar-refractivity contribution in [2.45, 2.75) is 26.8 Å². The largest absolute Gasteiger partial charge is 0.355 e. The van der Waals surface area contributed by atoms with Gasteiger partial charge < -0.3 is 10.2 Å². The fourth-order valence-corrected chi connectivity index (χ4v) is 2.73. The second-order valence-electron chi connectivity index (χ2n) is 6.73. The van der Waals surface area contributed by atoms with Crippen LogP contribution >= 0.6 is 0 Å². The summed E-state index contributed by atoms with van der Waals surface area (Å²) in [5, 5.41) is 2.59. The third-order valence-electron chi connectivity index (χ3n) is 4.05. The van der Waals surface area contributed by atoms with E-state index in [1.54, 1.807) is 31.1 Å². The van der Waals surface area contributed by atoms with E-state index in [2.05, 4.69) is 19.2 Å². The van der Waals surface area contributed by atoms with Gasteiger partial charge in [0.15, 0.2) is 0 Å². The van der Waals surface area contributed by atoms with Crippen LogP contribution in [0.5, 0.6) is 0 Å². The van der Waals surface area contributed by atoms with Crippen LogP contribution in [0.15, 0.2) is 48.5 Å². The van der Waals surface area contributed by atoms with E-state index >= 15 is 0 Å². The Kier molecular flexibility index (Phi) is 6.34. The minimum absolute atomic E-state index is 0.00789. The molecule has 2 aromatic rings. The Morgan fingerprint density at radius 2 is 1.44 bits per heavy atom. The molecule has 2 amide bonds. The maximum absolute atomic E-state index is 12.6. The van der Waals surface area contributed by atoms with Gasteiger partial charge >= 0.3 is 0 Å². The molecule has 0 atom stereocenters. The lowest BCUT2D eigenvalue weighted by Crippen LogP contribution is -2.26. The lowest BCUT2D eigenvalue weighted by atomic mass is 10.0. The Balaban J connectivity index is 2.01. The molecule has 1 N–H and O–H groups in total. The van der Waals surface area contributed by atoms with Crippen molar-refractivity contribution < 1.29 is 9.59 Å². The molecule has 132 valence electrons. The molecular weight excluding hydrogens is 312 g/mol. The summed E-state index contributed by atoms with van der Waals surface area (Å²) in [7, 11) is 3.39. The lowest BCUT2D eigenvalue weighted by Gasteiger charge is -2.18. The quantitative estimate of drug-likeness (QED) is 0.876. The molecule has 0 aliphatic carbocycles. The topological polar surface area (TPSA) is 49.4 Å². The number of rotatable bonds is 6. The van der Waals surface area contributed by atoms with E-state index in [0.29, 0.717) is 23.6 Å². The zero-order chi connectivity index (χ0) is 18.4. The fourth-order valence-electron chi connectivity index (χ4n) is 2.73. The van der Waals surface area contributed by atoms with Crippen LogP contribution in [0, 0.1) is 5.92 Å². The van der Waals surface area contributed by atoms with E-state index in [9.17, 15) is 9.59 Å². The normalized spacial score (nSPS) is 10.6. The number of hydrogen-bond donors (Lipinski definition) is 1. The van der Waals surface area contributed by atoms with Crippen LogP contribution in [0.1, 0.15) is 45.7 Å². The van der Waals surface area contributed by atoms with Gasteiger partial charge in [0.05, 0.1) is 0 Å². The third kappa shape index (κ3) is 5.18. The minimum atomic E-state index is -0.113. The highest BCUT2D eigenvalue weighted by molar-refractivity contribution is 5.94. The zero-order valence-electron chi connectivity index (χ0n) is 15.4. The molecule has 0 spiro atoms. The molecule has 2 rings (SSSR count). The van der Waals surface area contributed by atoms with E-state index < -0.39 is 0 Å². The molecule has 4 heteroatoms. The Morgan fingerprint density at radius 3 is 1.96 bits per heavy atom. The van der Waals surface area contributed by atoms with Gasteiger partial charge in [-0.1, -0.05) is 38.1 Å². The van der Waals surface area contributed by atoms with Crippen molar-refractivity contribution in [3.05, 3.63) is 70.8 Å². The Hall–Kier alpha value is -2.62. The average Bonchev–Trinajstić information content (AvgIpc) is 2.61. The molecule has 0 aliphatic heterocycles. The van der Waals surface area contributed by atoms with Crippen LogP contribution in [0.3, 0.4) is 0 Å². The molecule has 0 unspecified atom stereocenters. The minimum Gasteiger partial charge on any atom is -0.355 e. The van der Waals surface area contributed by atoms with Crippen molar-refractivity contribution in [1.29, 1.82) is 0 Å². The second kappa shape index (κ2) is 8.47. The summed E-state index contributed by atoms with van der Waals surface area (Å²) in [6.45, 7) is 4.87. The summed E-state index contributed by atoms with van der Waals surface area (Å²) in [4.78, 5) is 25.8. The first-order chi connectivity index (χ1) is 11.9. The van der Waals surface area contributed by atoms with Gasteiger partial charge in [-0.15, -0.1) is 0 Å². The summed E-state index contributed by atoms with van der Waals surface area (Å²) >= 11 is 0. The number of benzene rings is 2. The third-order valence-corrected chi connectivity index (χ3v) is 4.05. The molecule has 0 saturated carbocycles. The maximum Gasteiger partial charge on any atom is 0.253 e. The molecule has 0 fully saturated rings. The van der Waals surface area contributed by atoms with Crippen molar-refractivity contribution in [2.75, 3.05) is 14.1 Å². The van der Waals surface area contributed by atoms with E-state index in [1.165, 1.54) is 5.56 Å². The van der Waals surface area contributed by atoms with E-state index in [1.807, 2.05) is 36.4 Å². The summed E-state index contributed by atoms with van der Waals surface area (Å²) < 4.78 is 0. The summed E-state index contributed by atoms with van der Waals surface area (Å²) in [5.74, 6) is 0.478. The number of nitrogens with one attached hydrogen (secondary N) is 1. The first kappa shape index (κ1) is 18.7. The number of carbonyl (C=O) groups excluding carboxylic acids is 2. The molecule has 0 bridgehead atoms. The van der Waals surface area contributed by atoms with Gasteiger partial charge in [0.25, 0.3) is 11.8 Å². The molecule has 0 aromatic heterocycles. The lowest BCUT2D eigenvalue weighted by molar-refractivity contribution is 0.0784. The fraction of sp³-hybridized carbons (Fsp3) is 0.333. The number of nitrogens with zero attached hydrogens (tertiary/aromatic N) is 1. The van der Waals surface area contributed by atoms with Crippen LogP contribution in [-0.4, -0.2) is 30.8 Å². The van der Waals surface area contributed by atoms with Crippen molar-refractivity contribution in [3.63, 3.8) is 0 Å². The molecule has 25 heavy (non-hydrogen) atoms. The van der Waals surface area contributed by atoms with Crippen LogP contribution in [0.2, 0.25) is 0 Å². The van der Waals surface area contributed by atoms with E-state index in [0.717, 1.165) is 12.0 Å². The van der Waals surface area contributed by atoms with Crippen LogP contribution in [0.25, 0.3) is 0 Å². The van der Waals surface area contributed by atoms with Gasteiger partial charge in [0, 0.05) is 31.8 Å². The average molecular weight is 338 g/mol. The molecule has 0 saturated heterocycles. The van der Waals surface area contributed by atoms with Crippen molar-refractivity contribution in [1.82, 2.24) is 10.2 Å². The van der Waals surface area contributed by atoms with Crippen LogP contribution < -0.4 is 5.32 Å². The number of amides is 2. The predicted octanol–water partition coefficient (Wildman–Crippen LogP) is 3.52. The molecule has 0 heterocycles. The van der Waals surface area contributed by atoms with Crippen molar-refractivity contribution in [2.24, 2.45) is 5.92 Å². The SMILES string of the molecule is CNC(=O)c1ccc(CN(C)C(=O)c2ccc(CC(C)C)cc2)cc1. The Morgan fingerprint density at radius 1 is 0.920 bits per heavy atom. The summed E-state index contributed by atoms with van der Waals surface area (Å²) in [6.07, 6.45) is 1.02. The van der Waals surface area contributed by atoms with Gasteiger partial charge in [-0.25, -0.2) is 0 Å². The van der Waals surface area contributed by atoms with Crippen molar-refractivity contribution >= 4 is 11.8 Å². The summed E-state index contributed by atoms with van der Waals surface area (Å²) in [5.41, 5.74) is 3.54. The van der Waals surface area contributed by atoms with Gasteiger partial charge in [0.1, 0.15) is 0 Å². The zero-order valence-corrected chi connectivity index (χ0v) is 15.4. The maximum atomic E-state index is 12.6. The highest BCUT2D eigenvalue weighted by Crippen LogP contribution is 2.13. The number of hydrogen-bond acceptors (Lipinski definition) is 2. The van der Waals surface area contributed by atoms with E-state index in [4.69, 9.17) is 0 Å². The standard InChI is InChI=1S/C21H26N2O2/c1-15(2)13-16-5-11-19(12-6-16)21(25)23(4)14-17-7-9-18(10-8-17)20(24)22-3/h5-12,15H,13-14H2,1-4H3,(H,22,24). The van der Waals surface area contributed by atoms with Gasteiger partial charge in [-0.3, -0.25) is 9.59 Å². The Bertz CT molecular complexity index is 719.